The SMILES string of the molecule is O=C(/C=C/c1ccccc1Cl)NCCn1nc(-c2ccccc2)ccc1=O. The Morgan fingerprint density at radius 3 is 2.56 bits per heavy atom. The molecule has 0 aliphatic heterocycles. The van der Waals surface area contributed by atoms with Crippen LogP contribution in [0.3, 0.4) is 0 Å². The van der Waals surface area contributed by atoms with Gasteiger partial charge in [-0.15, -0.1) is 0 Å². The number of halogens is 1. The minimum Gasteiger partial charge on any atom is -0.351 e. The van der Waals surface area contributed by atoms with E-state index in [1.54, 1.807) is 18.2 Å². The molecule has 0 aliphatic carbocycles. The number of aromatic nitrogens is 2. The Balaban J connectivity index is 1.59. The first-order valence-corrected chi connectivity index (χ1v) is 8.85. The summed E-state index contributed by atoms with van der Waals surface area (Å²) in [7, 11) is 0. The molecule has 1 heterocycles. The van der Waals surface area contributed by atoms with E-state index in [0.29, 0.717) is 10.7 Å². The van der Waals surface area contributed by atoms with Crippen LogP contribution in [0.4, 0.5) is 0 Å². The number of benzene rings is 2. The third-order valence-electron chi connectivity index (χ3n) is 3.88. The molecule has 1 N–H and O–H groups in total. The second-order valence-electron chi connectivity index (χ2n) is 5.79. The van der Waals surface area contributed by atoms with E-state index < -0.39 is 0 Å². The number of nitrogens with one attached hydrogen (secondary N) is 1. The van der Waals surface area contributed by atoms with Gasteiger partial charge in [-0.1, -0.05) is 60.1 Å². The Bertz CT molecular complexity index is 1010. The number of hydrogen-bond acceptors (Lipinski definition) is 3. The van der Waals surface area contributed by atoms with Crippen LogP contribution in [0.2, 0.25) is 5.02 Å². The first kappa shape index (κ1) is 18.6. The second kappa shape index (κ2) is 8.96. The van der Waals surface area contributed by atoms with Gasteiger partial charge in [0.2, 0.25) is 5.91 Å². The van der Waals surface area contributed by atoms with Crippen molar-refractivity contribution in [1.29, 1.82) is 0 Å². The summed E-state index contributed by atoms with van der Waals surface area (Å²) in [5.74, 6) is -0.262. The monoisotopic (exact) mass is 379 g/mol. The van der Waals surface area contributed by atoms with Crippen LogP contribution in [0.5, 0.6) is 0 Å². The average Bonchev–Trinajstić information content (AvgIpc) is 2.69. The fourth-order valence-electron chi connectivity index (χ4n) is 2.49. The van der Waals surface area contributed by atoms with Gasteiger partial charge in [0, 0.05) is 29.3 Å². The van der Waals surface area contributed by atoms with Crippen LogP contribution >= 0.6 is 11.6 Å². The highest BCUT2D eigenvalue weighted by atomic mass is 35.5. The predicted octanol–water partition coefficient (Wildman–Crippen LogP) is 3.39. The number of rotatable bonds is 6. The Hall–Kier alpha value is -3.18. The van der Waals surface area contributed by atoms with Gasteiger partial charge in [0.05, 0.1) is 12.2 Å². The van der Waals surface area contributed by atoms with Gasteiger partial charge in [0.15, 0.2) is 0 Å². The van der Waals surface area contributed by atoms with Gasteiger partial charge in [-0.25, -0.2) is 4.68 Å². The Labute approximate surface area is 161 Å². The van der Waals surface area contributed by atoms with E-state index >= 15 is 0 Å². The molecule has 5 nitrogen and oxygen atoms in total. The zero-order valence-electron chi connectivity index (χ0n) is 14.5. The lowest BCUT2D eigenvalue weighted by Gasteiger charge is -2.07. The molecular weight excluding hydrogens is 362 g/mol. The number of amides is 1. The van der Waals surface area contributed by atoms with Crippen molar-refractivity contribution in [3.63, 3.8) is 0 Å². The predicted molar refractivity (Wildman–Crippen MR) is 107 cm³/mol. The highest BCUT2D eigenvalue weighted by Gasteiger charge is 2.04. The van der Waals surface area contributed by atoms with Crippen LogP contribution in [-0.4, -0.2) is 22.2 Å². The molecule has 0 fully saturated rings. The molecule has 3 rings (SSSR count). The van der Waals surface area contributed by atoms with Crippen molar-refractivity contribution in [2.24, 2.45) is 0 Å². The van der Waals surface area contributed by atoms with Gasteiger partial charge in [-0.05, 0) is 23.8 Å². The molecule has 0 saturated carbocycles. The van der Waals surface area contributed by atoms with E-state index in [0.717, 1.165) is 11.1 Å². The van der Waals surface area contributed by atoms with Crippen LogP contribution in [0, 0.1) is 0 Å². The molecule has 0 unspecified atom stereocenters. The zero-order valence-corrected chi connectivity index (χ0v) is 15.3. The molecule has 0 radical (unpaired) electrons. The summed E-state index contributed by atoms with van der Waals surface area (Å²) in [6, 6.07) is 20.0. The summed E-state index contributed by atoms with van der Waals surface area (Å²) in [6.07, 6.45) is 3.07. The van der Waals surface area contributed by atoms with Crippen LogP contribution in [0.25, 0.3) is 17.3 Å². The lowest BCUT2D eigenvalue weighted by atomic mass is 10.1. The van der Waals surface area contributed by atoms with Gasteiger partial charge < -0.3 is 5.32 Å². The van der Waals surface area contributed by atoms with E-state index in [-0.39, 0.29) is 24.6 Å². The fraction of sp³-hybridized carbons (Fsp3) is 0.0952. The molecule has 1 amide bonds. The minimum absolute atomic E-state index is 0.212. The largest absolute Gasteiger partial charge is 0.351 e. The third kappa shape index (κ3) is 5.15. The third-order valence-corrected chi connectivity index (χ3v) is 4.22. The number of nitrogens with zero attached hydrogens (tertiary/aromatic N) is 2. The molecule has 27 heavy (non-hydrogen) atoms. The van der Waals surface area contributed by atoms with Crippen LogP contribution in [0.15, 0.2) is 77.6 Å². The van der Waals surface area contributed by atoms with Crippen molar-refractivity contribution in [3.05, 3.63) is 93.7 Å². The molecule has 0 spiro atoms. The first-order chi connectivity index (χ1) is 13.1. The zero-order chi connectivity index (χ0) is 19.1. The molecule has 0 aliphatic rings. The Morgan fingerprint density at radius 2 is 1.78 bits per heavy atom. The topological polar surface area (TPSA) is 64.0 Å². The van der Waals surface area contributed by atoms with Crippen LogP contribution in [-0.2, 0) is 11.3 Å². The molecular formula is C21H18ClN3O2. The van der Waals surface area contributed by atoms with E-state index in [1.165, 1.54) is 16.8 Å². The number of carbonyl (C=O) groups is 1. The average molecular weight is 380 g/mol. The highest BCUT2D eigenvalue weighted by molar-refractivity contribution is 6.32. The van der Waals surface area contributed by atoms with E-state index in [1.807, 2.05) is 48.5 Å². The van der Waals surface area contributed by atoms with Gasteiger partial charge in [-0.2, -0.15) is 5.10 Å². The summed E-state index contributed by atoms with van der Waals surface area (Å²) in [4.78, 5) is 23.9. The standard InChI is InChI=1S/C21H18ClN3O2/c22-18-9-5-4-6-16(18)10-12-20(26)23-14-15-25-21(27)13-11-19(24-25)17-7-2-1-3-8-17/h1-13H,14-15H2,(H,23,26)/b12-10+. The number of hydrogen-bond donors (Lipinski definition) is 1. The molecule has 1 aromatic heterocycles. The van der Waals surface area contributed by atoms with Gasteiger partial charge in [-0.3, -0.25) is 9.59 Å². The maximum absolute atomic E-state index is 12.0. The molecule has 2 aromatic carbocycles. The van der Waals surface area contributed by atoms with Crippen LogP contribution < -0.4 is 10.9 Å². The van der Waals surface area contributed by atoms with Crippen molar-refractivity contribution < 1.29 is 4.79 Å². The summed E-state index contributed by atoms with van der Waals surface area (Å²) in [5, 5.41) is 7.68. The van der Waals surface area contributed by atoms with Crippen molar-refractivity contribution in [2.45, 2.75) is 6.54 Å². The van der Waals surface area contributed by atoms with E-state index in [9.17, 15) is 9.59 Å². The lowest BCUT2D eigenvalue weighted by molar-refractivity contribution is -0.116. The molecule has 0 atom stereocenters. The van der Waals surface area contributed by atoms with Gasteiger partial charge >= 0.3 is 0 Å². The Morgan fingerprint density at radius 1 is 1.04 bits per heavy atom. The highest BCUT2D eigenvalue weighted by Crippen LogP contribution is 2.16. The van der Waals surface area contributed by atoms with Gasteiger partial charge in [0.1, 0.15) is 0 Å². The van der Waals surface area contributed by atoms with Crippen molar-refractivity contribution in [2.75, 3.05) is 6.54 Å². The van der Waals surface area contributed by atoms with Crippen molar-refractivity contribution >= 4 is 23.6 Å². The molecule has 0 saturated heterocycles. The van der Waals surface area contributed by atoms with Crippen molar-refractivity contribution in [3.8, 4) is 11.3 Å². The molecule has 6 heteroatoms. The summed E-state index contributed by atoms with van der Waals surface area (Å²) < 4.78 is 1.35. The molecule has 136 valence electrons. The Kier molecular flexibility index (Phi) is 6.18. The van der Waals surface area contributed by atoms with E-state index in [2.05, 4.69) is 10.4 Å². The number of carbonyl (C=O) groups excluding carboxylic acids is 1. The smallest absolute Gasteiger partial charge is 0.266 e. The van der Waals surface area contributed by atoms with Gasteiger partial charge in [0.25, 0.3) is 5.56 Å². The fourth-order valence-corrected chi connectivity index (χ4v) is 2.69. The molecule has 3 aromatic rings. The summed E-state index contributed by atoms with van der Waals surface area (Å²) in [5.41, 5.74) is 2.19. The summed E-state index contributed by atoms with van der Waals surface area (Å²) >= 11 is 6.05. The molecule has 0 bridgehead atoms. The quantitative estimate of drug-likeness (QED) is 0.668. The van der Waals surface area contributed by atoms with E-state index in [4.69, 9.17) is 11.6 Å². The second-order valence-corrected chi connectivity index (χ2v) is 6.20. The summed E-state index contributed by atoms with van der Waals surface area (Å²) in [6.45, 7) is 0.571. The first-order valence-electron chi connectivity index (χ1n) is 8.47. The maximum atomic E-state index is 12.0. The normalized spacial score (nSPS) is 10.9. The minimum atomic E-state index is -0.262. The van der Waals surface area contributed by atoms with Crippen LogP contribution in [0.1, 0.15) is 5.56 Å². The van der Waals surface area contributed by atoms with Crippen molar-refractivity contribution in [1.82, 2.24) is 15.1 Å². The lowest BCUT2D eigenvalue weighted by Crippen LogP contribution is -2.31. The maximum Gasteiger partial charge on any atom is 0.266 e.